The molecule has 23 heavy (non-hydrogen) atoms. The van der Waals surface area contributed by atoms with Crippen LogP contribution in [0.4, 0.5) is 5.69 Å². The Hall–Kier alpha value is -1.99. The van der Waals surface area contributed by atoms with E-state index in [1.807, 2.05) is 0 Å². The molecule has 1 heterocycles. The van der Waals surface area contributed by atoms with Crippen molar-refractivity contribution >= 4 is 11.6 Å². The van der Waals surface area contributed by atoms with Gasteiger partial charge in [-0.05, 0) is 36.8 Å². The molecule has 0 bridgehead atoms. The van der Waals surface area contributed by atoms with Crippen molar-refractivity contribution < 1.29 is 9.72 Å². The molecule has 1 aliphatic carbocycles. The number of carbonyl (C=O) groups is 1. The van der Waals surface area contributed by atoms with E-state index in [0.29, 0.717) is 31.7 Å². The molecule has 7 nitrogen and oxygen atoms in total. The molecule has 0 atom stereocenters. The minimum atomic E-state index is -0.403. The van der Waals surface area contributed by atoms with Gasteiger partial charge in [-0.15, -0.1) is 0 Å². The van der Waals surface area contributed by atoms with E-state index in [2.05, 4.69) is 5.32 Å². The highest BCUT2D eigenvalue weighted by Gasteiger charge is 2.26. The molecule has 1 amide bonds. The fourth-order valence-electron chi connectivity index (χ4n) is 3.34. The smallest absolute Gasteiger partial charge is 0.269 e. The van der Waals surface area contributed by atoms with Crippen LogP contribution in [0.3, 0.4) is 0 Å². The summed E-state index contributed by atoms with van der Waals surface area (Å²) in [6.45, 7) is 1.30. The van der Waals surface area contributed by atoms with Gasteiger partial charge in [-0.25, -0.2) is 0 Å². The van der Waals surface area contributed by atoms with Crippen LogP contribution in [-0.4, -0.2) is 34.4 Å². The molecule has 2 aliphatic rings. The van der Waals surface area contributed by atoms with E-state index in [0.717, 1.165) is 36.8 Å². The average molecular weight is 318 g/mol. The van der Waals surface area contributed by atoms with Gasteiger partial charge in [0.15, 0.2) is 0 Å². The lowest BCUT2D eigenvalue weighted by Gasteiger charge is -2.27. The lowest BCUT2D eigenvalue weighted by Crippen LogP contribution is -2.42. The van der Waals surface area contributed by atoms with E-state index >= 15 is 0 Å². The number of nitrogens with two attached hydrogens (primary N) is 1. The van der Waals surface area contributed by atoms with Crippen molar-refractivity contribution in [3.05, 3.63) is 39.4 Å². The van der Waals surface area contributed by atoms with Gasteiger partial charge in [0, 0.05) is 37.3 Å². The second-order valence-electron chi connectivity index (χ2n) is 6.45. The van der Waals surface area contributed by atoms with Crippen LogP contribution >= 0.6 is 0 Å². The Bertz CT molecular complexity index is 611. The monoisotopic (exact) mass is 318 g/mol. The molecule has 0 unspecified atom stereocenters. The zero-order chi connectivity index (χ0) is 16.4. The van der Waals surface area contributed by atoms with Crippen molar-refractivity contribution in [1.29, 1.82) is 0 Å². The molecular weight excluding hydrogens is 296 g/mol. The fraction of sp³-hybridized carbons (Fsp3) is 0.562. The number of nitrogens with zero attached hydrogens (tertiary/aromatic N) is 2. The highest BCUT2D eigenvalue weighted by atomic mass is 16.6. The predicted molar refractivity (Wildman–Crippen MR) is 85.6 cm³/mol. The number of nitro groups is 1. The van der Waals surface area contributed by atoms with Gasteiger partial charge < -0.3 is 16.0 Å². The quantitative estimate of drug-likeness (QED) is 0.643. The van der Waals surface area contributed by atoms with Gasteiger partial charge in [0.05, 0.1) is 11.5 Å². The normalized spacial score (nSPS) is 23.6. The van der Waals surface area contributed by atoms with Crippen molar-refractivity contribution in [3.8, 4) is 0 Å². The van der Waals surface area contributed by atoms with Gasteiger partial charge in [0.2, 0.25) is 5.91 Å². The molecular formula is C16H22N4O3. The molecule has 1 fully saturated rings. The predicted octanol–water partition coefficient (Wildman–Crippen LogP) is 1.30. The molecule has 124 valence electrons. The summed E-state index contributed by atoms with van der Waals surface area (Å²) in [5.74, 6) is 0.0405. The third-order valence-corrected chi connectivity index (χ3v) is 4.79. The Labute approximate surface area is 135 Å². The maximum atomic E-state index is 12.3. The van der Waals surface area contributed by atoms with E-state index in [9.17, 15) is 14.9 Å². The van der Waals surface area contributed by atoms with E-state index in [4.69, 9.17) is 5.73 Å². The van der Waals surface area contributed by atoms with Crippen molar-refractivity contribution in [2.45, 2.75) is 50.9 Å². The number of benzene rings is 1. The lowest BCUT2D eigenvalue weighted by molar-refractivity contribution is -0.384. The molecule has 1 aliphatic heterocycles. The number of rotatable bonds is 4. The summed E-state index contributed by atoms with van der Waals surface area (Å²) in [4.78, 5) is 24.5. The number of nitro benzene ring substituents is 1. The third-order valence-electron chi connectivity index (χ3n) is 4.79. The summed E-state index contributed by atoms with van der Waals surface area (Å²) in [6.07, 6.45) is 4.04. The Morgan fingerprint density at radius 3 is 2.65 bits per heavy atom. The zero-order valence-corrected chi connectivity index (χ0v) is 13.0. The first-order valence-electron chi connectivity index (χ1n) is 8.06. The van der Waals surface area contributed by atoms with E-state index in [-0.39, 0.29) is 11.6 Å². The van der Waals surface area contributed by atoms with E-state index in [1.54, 1.807) is 17.0 Å². The molecule has 3 N–H and O–H groups in total. The highest BCUT2D eigenvalue weighted by molar-refractivity contribution is 5.79. The van der Waals surface area contributed by atoms with Gasteiger partial charge in [0.25, 0.3) is 5.69 Å². The first-order valence-corrected chi connectivity index (χ1v) is 8.06. The maximum absolute atomic E-state index is 12.3. The first-order chi connectivity index (χ1) is 11.0. The van der Waals surface area contributed by atoms with Crippen molar-refractivity contribution in [3.63, 3.8) is 0 Å². The van der Waals surface area contributed by atoms with Gasteiger partial charge in [-0.1, -0.05) is 6.07 Å². The van der Waals surface area contributed by atoms with Crippen molar-refractivity contribution in [2.24, 2.45) is 5.73 Å². The van der Waals surface area contributed by atoms with Gasteiger partial charge in [0.1, 0.15) is 0 Å². The maximum Gasteiger partial charge on any atom is 0.269 e. The fourth-order valence-corrected chi connectivity index (χ4v) is 3.34. The Balaban J connectivity index is 1.52. The van der Waals surface area contributed by atoms with Crippen LogP contribution in [0.15, 0.2) is 18.2 Å². The third kappa shape index (κ3) is 3.68. The van der Waals surface area contributed by atoms with Crippen molar-refractivity contribution in [2.75, 3.05) is 6.54 Å². The summed E-state index contributed by atoms with van der Waals surface area (Å²) in [5.41, 5.74) is 7.83. The van der Waals surface area contributed by atoms with E-state index in [1.165, 1.54) is 6.07 Å². The minimum absolute atomic E-state index is 0.0405. The largest absolute Gasteiger partial charge is 0.333 e. The zero-order valence-electron chi connectivity index (χ0n) is 13.0. The summed E-state index contributed by atoms with van der Waals surface area (Å²) in [7, 11) is 0. The molecule has 1 aromatic rings. The molecule has 0 saturated heterocycles. The van der Waals surface area contributed by atoms with Crippen LogP contribution < -0.4 is 11.1 Å². The van der Waals surface area contributed by atoms with Gasteiger partial charge in [-0.3, -0.25) is 14.9 Å². The number of hydrogen-bond acceptors (Lipinski definition) is 5. The van der Waals surface area contributed by atoms with Gasteiger partial charge >= 0.3 is 0 Å². The second-order valence-corrected chi connectivity index (χ2v) is 6.45. The number of non-ortho nitro benzene ring substituents is 1. The molecule has 0 aromatic heterocycles. The lowest BCUT2D eigenvalue weighted by atomic mass is 9.92. The molecule has 0 spiro atoms. The Kier molecular flexibility index (Phi) is 4.58. The SMILES string of the molecule is NC1CCC(NCC(=O)N2Cc3ccc([N+](=O)[O-])cc3C2)CC1. The molecule has 7 heteroatoms. The summed E-state index contributed by atoms with van der Waals surface area (Å²) < 4.78 is 0. The van der Waals surface area contributed by atoms with Crippen LogP contribution in [0.2, 0.25) is 0 Å². The number of hydrogen-bond donors (Lipinski definition) is 2. The minimum Gasteiger partial charge on any atom is -0.333 e. The topological polar surface area (TPSA) is 102 Å². The number of nitrogens with one attached hydrogen (secondary N) is 1. The van der Waals surface area contributed by atoms with Crippen LogP contribution in [0.25, 0.3) is 0 Å². The molecule has 3 rings (SSSR count). The summed E-state index contributed by atoms with van der Waals surface area (Å²) >= 11 is 0. The van der Waals surface area contributed by atoms with E-state index < -0.39 is 4.92 Å². The van der Waals surface area contributed by atoms with Gasteiger partial charge in [-0.2, -0.15) is 0 Å². The standard InChI is InChI=1S/C16H22N4O3/c17-13-2-4-14(5-3-13)18-8-16(21)19-9-11-1-6-15(20(22)23)7-12(11)10-19/h1,6-7,13-14,18H,2-5,8-10,17H2. The summed E-state index contributed by atoms with van der Waals surface area (Å²) in [6, 6.07) is 5.48. The average Bonchev–Trinajstić information content (AvgIpc) is 2.97. The van der Waals surface area contributed by atoms with Crippen LogP contribution in [0.1, 0.15) is 36.8 Å². The molecule has 1 aromatic carbocycles. The Morgan fingerprint density at radius 1 is 1.26 bits per heavy atom. The van der Waals surface area contributed by atoms with Crippen LogP contribution in [-0.2, 0) is 17.9 Å². The number of carbonyl (C=O) groups excluding carboxylic acids is 1. The molecule has 1 saturated carbocycles. The Morgan fingerprint density at radius 2 is 1.96 bits per heavy atom. The van der Waals surface area contributed by atoms with Crippen LogP contribution in [0.5, 0.6) is 0 Å². The van der Waals surface area contributed by atoms with Crippen molar-refractivity contribution in [1.82, 2.24) is 10.2 Å². The van der Waals surface area contributed by atoms with Crippen LogP contribution in [0, 0.1) is 10.1 Å². The first kappa shape index (κ1) is 15.9. The molecule has 0 radical (unpaired) electrons. The second kappa shape index (κ2) is 6.64. The summed E-state index contributed by atoms with van der Waals surface area (Å²) in [5, 5.41) is 14.1. The number of fused-ring (bicyclic) bond motifs is 1. The highest BCUT2D eigenvalue weighted by Crippen LogP contribution is 2.26. The number of amides is 1.